The first-order valence-electron chi connectivity index (χ1n) is 6.25. The predicted molar refractivity (Wildman–Crippen MR) is 75.0 cm³/mol. The summed E-state index contributed by atoms with van der Waals surface area (Å²) in [6.45, 7) is 3.17. The molecule has 1 aromatic rings. The minimum Gasteiger partial charge on any atom is -0.508 e. The number of benzene rings is 1. The van der Waals surface area contributed by atoms with E-state index in [9.17, 15) is 13.5 Å². The molecule has 2 rings (SSSR count). The molecular formula is C12H19N3O3S. The number of hydrogen-bond acceptors (Lipinski definition) is 4. The lowest BCUT2D eigenvalue weighted by atomic mass is 10.0. The number of nitrogens with zero attached hydrogens (tertiary/aromatic N) is 1. The van der Waals surface area contributed by atoms with Crippen molar-refractivity contribution in [3.8, 4) is 5.75 Å². The average molecular weight is 285 g/mol. The van der Waals surface area contributed by atoms with Gasteiger partial charge in [0.05, 0.1) is 11.4 Å². The number of nitrogen functional groups attached to an aromatic ring is 1. The molecule has 106 valence electrons. The number of rotatable bonds is 3. The van der Waals surface area contributed by atoms with E-state index < -0.39 is 10.2 Å². The Hall–Kier alpha value is -1.47. The lowest BCUT2D eigenvalue weighted by molar-refractivity contribution is 0.289. The van der Waals surface area contributed by atoms with Crippen molar-refractivity contribution >= 4 is 21.6 Å². The SMILES string of the molecule is CC1CCN(S(=O)(=O)Nc2ccc(O)cc2N)CC1. The van der Waals surface area contributed by atoms with Crippen LogP contribution in [0.2, 0.25) is 0 Å². The van der Waals surface area contributed by atoms with E-state index in [1.807, 2.05) is 0 Å². The summed E-state index contributed by atoms with van der Waals surface area (Å²) in [5.74, 6) is 0.567. The standard InChI is InChI=1S/C12H19N3O3S/c1-9-4-6-15(7-5-9)19(17,18)14-12-3-2-10(16)8-11(12)13/h2-3,8-9,14,16H,4-7,13H2,1H3. The Morgan fingerprint density at radius 1 is 1.37 bits per heavy atom. The van der Waals surface area contributed by atoms with E-state index >= 15 is 0 Å². The zero-order valence-electron chi connectivity index (χ0n) is 10.8. The maximum Gasteiger partial charge on any atom is 0.301 e. The largest absolute Gasteiger partial charge is 0.508 e. The first kappa shape index (κ1) is 14.0. The van der Waals surface area contributed by atoms with E-state index in [1.54, 1.807) is 0 Å². The van der Waals surface area contributed by atoms with E-state index in [0.717, 1.165) is 12.8 Å². The molecule has 0 unspecified atom stereocenters. The van der Waals surface area contributed by atoms with Gasteiger partial charge in [-0.2, -0.15) is 12.7 Å². The molecule has 1 aliphatic heterocycles. The Morgan fingerprint density at radius 3 is 2.58 bits per heavy atom. The quantitative estimate of drug-likeness (QED) is 0.577. The number of nitrogens with two attached hydrogens (primary N) is 1. The van der Waals surface area contributed by atoms with Gasteiger partial charge < -0.3 is 10.8 Å². The van der Waals surface area contributed by atoms with Crippen molar-refractivity contribution < 1.29 is 13.5 Å². The van der Waals surface area contributed by atoms with Crippen LogP contribution < -0.4 is 10.5 Å². The molecule has 1 heterocycles. The third-order valence-electron chi connectivity index (χ3n) is 3.36. The molecule has 0 atom stereocenters. The highest BCUT2D eigenvalue weighted by Gasteiger charge is 2.26. The topological polar surface area (TPSA) is 95.7 Å². The highest BCUT2D eigenvalue weighted by atomic mass is 32.2. The van der Waals surface area contributed by atoms with Crippen molar-refractivity contribution in [2.75, 3.05) is 23.5 Å². The van der Waals surface area contributed by atoms with Gasteiger partial charge in [0.25, 0.3) is 0 Å². The number of hydrogen-bond donors (Lipinski definition) is 3. The Labute approximate surface area is 113 Å². The van der Waals surface area contributed by atoms with Crippen molar-refractivity contribution in [3.05, 3.63) is 18.2 Å². The molecule has 0 spiro atoms. The van der Waals surface area contributed by atoms with Gasteiger partial charge >= 0.3 is 10.2 Å². The molecule has 1 aliphatic rings. The molecule has 19 heavy (non-hydrogen) atoms. The molecule has 0 bridgehead atoms. The molecule has 1 saturated heterocycles. The smallest absolute Gasteiger partial charge is 0.301 e. The van der Waals surface area contributed by atoms with Crippen LogP contribution in [-0.2, 0) is 10.2 Å². The molecule has 7 heteroatoms. The van der Waals surface area contributed by atoms with E-state index in [-0.39, 0.29) is 17.1 Å². The average Bonchev–Trinajstić information content (AvgIpc) is 2.33. The van der Waals surface area contributed by atoms with Gasteiger partial charge in [0.2, 0.25) is 0 Å². The molecule has 0 aliphatic carbocycles. The second-order valence-electron chi connectivity index (χ2n) is 4.96. The van der Waals surface area contributed by atoms with E-state index in [0.29, 0.717) is 19.0 Å². The summed E-state index contributed by atoms with van der Waals surface area (Å²) in [6, 6.07) is 4.16. The molecule has 1 fully saturated rings. The van der Waals surface area contributed by atoms with Crippen LogP contribution in [0.4, 0.5) is 11.4 Å². The number of phenolic OH excluding ortho intramolecular Hbond substituents is 1. The van der Waals surface area contributed by atoms with E-state index in [4.69, 9.17) is 5.73 Å². The first-order chi connectivity index (χ1) is 8.88. The lowest BCUT2D eigenvalue weighted by Crippen LogP contribution is -2.41. The fraction of sp³-hybridized carbons (Fsp3) is 0.500. The molecular weight excluding hydrogens is 266 g/mol. The zero-order valence-corrected chi connectivity index (χ0v) is 11.7. The second-order valence-corrected chi connectivity index (χ2v) is 6.63. The third kappa shape index (κ3) is 3.30. The Morgan fingerprint density at radius 2 is 2.00 bits per heavy atom. The summed E-state index contributed by atoms with van der Waals surface area (Å²) in [4.78, 5) is 0. The molecule has 0 aromatic heterocycles. The number of piperidine rings is 1. The van der Waals surface area contributed by atoms with Gasteiger partial charge in [0.15, 0.2) is 0 Å². The fourth-order valence-electron chi connectivity index (χ4n) is 2.07. The molecule has 0 saturated carbocycles. The van der Waals surface area contributed by atoms with Gasteiger partial charge in [-0.3, -0.25) is 4.72 Å². The van der Waals surface area contributed by atoms with Crippen LogP contribution in [0.1, 0.15) is 19.8 Å². The number of nitrogens with one attached hydrogen (secondary N) is 1. The van der Waals surface area contributed by atoms with Gasteiger partial charge in [-0.05, 0) is 30.9 Å². The maximum atomic E-state index is 12.2. The Balaban J connectivity index is 2.12. The molecule has 0 radical (unpaired) electrons. The summed E-state index contributed by atoms with van der Waals surface area (Å²) in [7, 11) is -3.57. The monoisotopic (exact) mass is 285 g/mol. The summed E-state index contributed by atoms with van der Waals surface area (Å²) in [5.41, 5.74) is 6.17. The Kier molecular flexibility index (Phi) is 3.86. The van der Waals surface area contributed by atoms with Crippen LogP contribution in [0.5, 0.6) is 5.75 Å². The summed E-state index contributed by atoms with van der Waals surface area (Å²) < 4.78 is 28.3. The zero-order chi connectivity index (χ0) is 14.0. The third-order valence-corrected chi connectivity index (χ3v) is 4.88. The minimum absolute atomic E-state index is 0.00671. The summed E-state index contributed by atoms with van der Waals surface area (Å²) in [6.07, 6.45) is 1.73. The normalized spacial score (nSPS) is 18.4. The highest BCUT2D eigenvalue weighted by Crippen LogP contribution is 2.26. The van der Waals surface area contributed by atoms with Crippen molar-refractivity contribution in [1.29, 1.82) is 0 Å². The van der Waals surface area contributed by atoms with Crippen LogP contribution >= 0.6 is 0 Å². The number of aromatic hydroxyl groups is 1. The van der Waals surface area contributed by atoms with Gasteiger partial charge in [0.1, 0.15) is 5.75 Å². The van der Waals surface area contributed by atoms with Crippen LogP contribution in [0.15, 0.2) is 18.2 Å². The highest BCUT2D eigenvalue weighted by molar-refractivity contribution is 7.90. The van der Waals surface area contributed by atoms with Crippen LogP contribution in [0.25, 0.3) is 0 Å². The maximum absolute atomic E-state index is 12.2. The fourth-order valence-corrected chi connectivity index (χ4v) is 3.36. The van der Waals surface area contributed by atoms with Gasteiger partial charge in [-0.15, -0.1) is 0 Å². The Bertz CT molecular complexity index is 551. The van der Waals surface area contributed by atoms with Crippen molar-refractivity contribution in [1.82, 2.24) is 4.31 Å². The summed E-state index contributed by atoms with van der Waals surface area (Å²) >= 11 is 0. The van der Waals surface area contributed by atoms with Gasteiger partial charge in [0, 0.05) is 19.2 Å². The van der Waals surface area contributed by atoms with E-state index in [2.05, 4.69) is 11.6 Å². The van der Waals surface area contributed by atoms with Crippen molar-refractivity contribution in [3.63, 3.8) is 0 Å². The van der Waals surface area contributed by atoms with Gasteiger partial charge in [-0.1, -0.05) is 6.92 Å². The lowest BCUT2D eigenvalue weighted by Gasteiger charge is -2.29. The van der Waals surface area contributed by atoms with Crippen molar-refractivity contribution in [2.45, 2.75) is 19.8 Å². The van der Waals surface area contributed by atoms with Crippen LogP contribution in [-0.4, -0.2) is 30.9 Å². The minimum atomic E-state index is -3.57. The molecule has 6 nitrogen and oxygen atoms in total. The van der Waals surface area contributed by atoms with Gasteiger partial charge in [-0.25, -0.2) is 0 Å². The molecule has 0 amide bonds. The molecule has 1 aromatic carbocycles. The summed E-state index contributed by atoms with van der Waals surface area (Å²) in [5, 5.41) is 9.25. The molecule has 4 N–H and O–H groups in total. The second kappa shape index (κ2) is 5.26. The number of anilines is 2. The number of phenols is 1. The van der Waals surface area contributed by atoms with Crippen molar-refractivity contribution in [2.24, 2.45) is 5.92 Å². The van der Waals surface area contributed by atoms with Crippen LogP contribution in [0.3, 0.4) is 0 Å². The first-order valence-corrected chi connectivity index (χ1v) is 7.69. The van der Waals surface area contributed by atoms with E-state index in [1.165, 1.54) is 22.5 Å². The predicted octanol–water partition coefficient (Wildman–Crippen LogP) is 1.36. The van der Waals surface area contributed by atoms with Crippen LogP contribution in [0, 0.1) is 5.92 Å².